The molecule has 0 spiro atoms. The fourth-order valence-corrected chi connectivity index (χ4v) is 2.03. The summed E-state index contributed by atoms with van der Waals surface area (Å²) in [6, 6.07) is 3.25. The number of benzene rings is 1. The highest BCUT2D eigenvalue weighted by molar-refractivity contribution is 5.44. The lowest BCUT2D eigenvalue weighted by atomic mass is 10.2. The summed E-state index contributed by atoms with van der Waals surface area (Å²) in [4.78, 5) is 0. The number of aliphatic hydroxyl groups is 1. The van der Waals surface area contributed by atoms with Gasteiger partial charge in [-0.15, -0.1) is 0 Å². The highest BCUT2D eigenvalue weighted by atomic mass is 19.1. The Hall–Kier alpha value is -1.24. The second kappa shape index (κ2) is 7.52. The molecule has 1 saturated heterocycles. The van der Waals surface area contributed by atoms with Crippen LogP contribution >= 0.6 is 0 Å². The Balaban J connectivity index is 1.65. The summed E-state index contributed by atoms with van der Waals surface area (Å²) in [6.07, 6.45) is 1.38. The highest BCUT2D eigenvalue weighted by Crippen LogP contribution is 2.15. The van der Waals surface area contributed by atoms with Crippen molar-refractivity contribution in [3.8, 4) is 0 Å². The molecule has 0 amide bonds. The van der Waals surface area contributed by atoms with E-state index in [-0.39, 0.29) is 24.9 Å². The Morgan fingerprint density at radius 3 is 3.00 bits per heavy atom. The standard InChI is InChI=1S/C14H19F2NO3/c15-10-3-4-14(13(16)6-10)17-7-11(18)8-19-9-12-2-1-5-20-12/h3-4,6,11-12,17-18H,1-2,5,7-9H2. The molecule has 0 aromatic heterocycles. The third kappa shape index (κ3) is 4.70. The van der Waals surface area contributed by atoms with Crippen LogP contribution in [0.15, 0.2) is 18.2 Å². The molecular formula is C14H19F2NO3. The minimum absolute atomic E-state index is 0.115. The Bertz CT molecular complexity index is 425. The first kappa shape index (κ1) is 15.2. The molecule has 4 nitrogen and oxygen atoms in total. The molecule has 1 aliphatic rings. The molecule has 0 aliphatic carbocycles. The van der Waals surface area contributed by atoms with Gasteiger partial charge in [-0.25, -0.2) is 8.78 Å². The number of halogens is 2. The van der Waals surface area contributed by atoms with Gasteiger partial charge in [-0.1, -0.05) is 0 Å². The molecule has 0 radical (unpaired) electrons. The quantitative estimate of drug-likeness (QED) is 0.804. The van der Waals surface area contributed by atoms with E-state index in [4.69, 9.17) is 9.47 Å². The summed E-state index contributed by atoms with van der Waals surface area (Å²) in [5.41, 5.74) is 0.157. The van der Waals surface area contributed by atoms with Crippen LogP contribution in [-0.2, 0) is 9.47 Å². The number of nitrogens with one attached hydrogen (secondary N) is 1. The van der Waals surface area contributed by atoms with Gasteiger partial charge in [-0.2, -0.15) is 0 Å². The predicted octanol–water partition coefficient (Wildman–Crippen LogP) is 1.93. The van der Waals surface area contributed by atoms with Gasteiger partial charge < -0.3 is 19.9 Å². The average Bonchev–Trinajstić information content (AvgIpc) is 2.91. The van der Waals surface area contributed by atoms with Crippen LogP contribution in [0.4, 0.5) is 14.5 Å². The molecule has 2 unspecified atom stereocenters. The topological polar surface area (TPSA) is 50.7 Å². The lowest BCUT2D eigenvalue weighted by molar-refractivity contribution is -0.0137. The van der Waals surface area contributed by atoms with Crippen molar-refractivity contribution in [2.45, 2.75) is 25.0 Å². The van der Waals surface area contributed by atoms with Crippen molar-refractivity contribution >= 4 is 5.69 Å². The molecule has 0 bridgehead atoms. The summed E-state index contributed by atoms with van der Waals surface area (Å²) >= 11 is 0. The molecule has 2 atom stereocenters. The van der Waals surface area contributed by atoms with Crippen LogP contribution in [-0.4, -0.2) is 43.7 Å². The number of aliphatic hydroxyl groups excluding tert-OH is 1. The average molecular weight is 287 g/mol. The van der Waals surface area contributed by atoms with E-state index in [9.17, 15) is 13.9 Å². The Kier molecular flexibility index (Phi) is 5.70. The van der Waals surface area contributed by atoms with Crippen LogP contribution in [0.25, 0.3) is 0 Å². The van der Waals surface area contributed by atoms with Crippen molar-refractivity contribution in [2.24, 2.45) is 0 Å². The summed E-state index contributed by atoms with van der Waals surface area (Å²) in [7, 11) is 0. The van der Waals surface area contributed by atoms with Crippen LogP contribution in [0, 0.1) is 11.6 Å². The van der Waals surface area contributed by atoms with Crippen molar-refractivity contribution in [3.05, 3.63) is 29.8 Å². The zero-order chi connectivity index (χ0) is 14.4. The van der Waals surface area contributed by atoms with Gasteiger partial charge in [-0.3, -0.25) is 0 Å². The van der Waals surface area contributed by atoms with Gasteiger partial charge in [0.05, 0.1) is 31.1 Å². The SMILES string of the molecule is OC(CNc1ccc(F)cc1F)COCC1CCCO1. The molecule has 1 aromatic rings. The van der Waals surface area contributed by atoms with Gasteiger partial charge in [0.1, 0.15) is 11.6 Å². The lowest BCUT2D eigenvalue weighted by Gasteiger charge is -2.15. The van der Waals surface area contributed by atoms with Gasteiger partial charge >= 0.3 is 0 Å². The molecule has 1 aromatic carbocycles. The van der Waals surface area contributed by atoms with E-state index >= 15 is 0 Å². The Morgan fingerprint density at radius 2 is 2.30 bits per heavy atom. The van der Waals surface area contributed by atoms with E-state index in [1.807, 2.05) is 0 Å². The fraction of sp³-hybridized carbons (Fsp3) is 0.571. The van der Waals surface area contributed by atoms with Gasteiger partial charge in [0.15, 0.2) is 0 Å². The minimum Gasteiger partial charge on any atom is -0.389 e. The third-order valence-corrected chi connectivity index (χ3v) is 3.10. The van der Waals surface area contributed by atoms with Gasteiger partial charge in [0, 0.05) is 19.2 Å². The van der Waals surface area contributed by atoms with Crippen LogP contribution in [0.3, 0.4) is 0 Å². The minimum atomic E-state index is -0.763. The van der Waals surface area contributed by atoms with Crippen LogP contribution in [0.1, 0.15) is 12.8 Å². The van der Waals surface area contributed by atoms with Crippen molar-refractivity contribution in [2.75, 3.05) is 31.7 Å². The van der Waals surface area contributed by atoms with Crippen molar-refractivity contribution < 1.29 is 23.4 Å². The number of hydrogen-bond donors (Lipinski definition) is 2. The molecular weight excluding hydrogens is 268 g/mol. The maximum absolute atomic E-state index is 13.3. The van der Waals surface area contributed by atoms with E-state index in [1.54, 1.807) is 0 Å². The maximum Gasteiger partial charge on any atom is 0.149 e. The van der Waals surface area contributed by atoms with Gasteiger partial charge in [0.2, 0.25) is 0 Å². The Labute approximate surface area is 116 Å². The summed E-state index contributed by atoms with van der Waals surface area (Å²) in [5.74, 6) is -1.31. The molecule has 6 heteroatoms. The smallest absolute Gasteiger partial charge is 0.149 e. The first-order valence-corrected chi connectivity index (χ1v) is 6.71. The Morgan fingerprint density at radius 1 is 1.45 bits per heavy atom. The fourth-order valence-electron chi connectivity index (χ4n) is 2.03. The molecule has 1 fully saturated rings. The molecule has 20 heavy (non-hydrogen) atoms. The van der Waals surface area contributed by atoms with E-state index < -0.39 is 17.7 Å². The van der Waals surface area contributed by atoms with Crippen molar-refractivity contribution in [1.29, 1.82) is 0 Å². The number of rotatable bonds is 7. The van der Waals surface area contributed by atoms with Crippen LogP contribution < -0.4 is 5.32 Å². The monoisotopic (exact) mass is 287 g/mol. The number of hydrogen-bond acceptors (Lipinski definition) is 4. The molecule has 1 heterocycles. The first-order valence-electron chi connectivity index (χ1n) is 6.71. The van der Waals surface area contributed by atoms with Crippen molar-refractivity contribution in [3.63, 3.8) is 0 Å². The second-order valence-electron chi connectivity index (χ2n) is 4.83. The number of anilines is 1. The number of ether oxygens (including phenoxy) is 2. The summed E-state index contributed by atoms with van der Waals surface area (Å²) in [6.45, 7) is 1.51. The van der Waals surface area contributed by atoms with E-state index in [1.165, 1.54) is 6.07 Å². The molecule has 2 rings (SSSR count). The zero-order valence-electron chi connectivity index (χ0n) is 11.1. The second-order valence-corrected chi connectivity index (χ2v) is 4.83. The van der Waals surface area contributed by atoms with E-state index in [0.717, 1.165) is 31.6 Å². The predicted molar refractivity (Wildman–Crippen MR) is 70.6 cm³/mol. The van der Waals surface area contributed by atoms with E-state index in [0.29, 0.717) is 6.61 Å². The summed E-state index contributed by atoms with van der Waals surface area (Å²) in [5, 5.41) is 12.4. The zero-order valence-corrected chi connectivity index (χ0v) is 11.1. The molecule has 0 saturated carbocycles. The van der Waals surface area contributed by atoms with Gasteiger partial charge in [-0.05, 0) is 25.0 Å². The van der Waals surface area contributed by atoms with Gasteiger partial charge in [0.25, 0.3) is 0 Å². The molecule has 1 aliphatic heterocycles. The largest absolute Gasteiger partial charge is 0.389 e. The van der Waals surface area contributed by atoms with Crippen LogP contribution in [0.2, 0.25) is 0 Å². The highest BCUT2D eigenvalue weighted by Gasteiger charge is 2.16. The first-order chi connectivity index (χ1) is 9.65. The van der Waals surface area contributed by atoms with E-state index in [2.05, 4.69) is 5.32 Å². The molecule has 2 N–H and O–H groups in total. The maximum atomic E-state index is 13.3. The van der Waals surface area contributed by atoms with Crippen molar-refractivity contribution in [1.82, 2.24) is 0 Å². The third-order valence-electron chi connectivity index (χ3n) is 3.10. The summed E-state index contributed by atoms with van der Waals surface area (Å²) < 4.78 is 36.8. The lowest BCUT2D eigenvalue weighted by Crippen LogP contribution is -2.27. The van der Waals surface area contributed by atoms with Crippen LogP contribution in [0.5, 0.6) is 0 Å². The molecule has 112 valence electrons. The normalized spacial score (nSPS) is 20.1.